The second kappa shape index (κ2) is 4.82. The van der Waals surface area contributed by atoms with Gasteiger partial charge >= 0.3 is 5.97 Å². The standard InChI is InChI=1S/C14H18N2O2/c1-3-10-8-16(7-6-15)13-11(10)5-4-9(2)12(13)14(17)18/h4-5,8H,3,6-7,15H2,1-2H3,(H,17,18). The molecule has 2 aromatic rings. The van der Waals surface area contributed by atoms with Crippen molar-refractivity contribution in [2.75, 3.05) is 6.54 Å². The van der Waals surface area contributed by atoms with Crippen molar-refractivity contribution in [2.24, 2.45) is 5.73 Å². The molecule has 0 aliphatic rings. The van der Waals surface area contributed by atoms with E-state index in [1.165, 1.54) is 5.56 Å². The lowest BCUT2D eigenvalue weighted by atomic mass is 10.0. The van der Waals surface area contributed by atoms with Crippen LogP contribution in [0.2, 0.25) is 0 Å². The van der Waals surface area contributed by atoms with Crippen LogP contribution in [-0.2, 0) is 13.0 Å². The van der Waals surface area contributed by atoms with Crippen LogP contribution in [0.15, 0.2) is 18.3 Å². The fraction of sp³-hybridized carbons (Fsp3) is 0.357. The van der Waals surface area contributed by atoms with Gasteiger partial charge in [-0.2, -0.15) is 0 Å². The number of aromatic carboxylic acids is 1. The molecule has 4 heteroatoms. The minimum absolute atomic E-state index is 0.389. The van der Waals surface area contributed by atoms with Gasteiger partial charge in [-0.15, -0.1) is 0 Å². The molecule has 1 heterocycles. The normalized spacial score (nSPS) is 11.1. The van der Waals surface area contributed by atoms with E-state index in [4.69, 9.17) is 5.73 Å². The number of hydrogen-bond acceptors (Lipinski definition) is 2. The smallest absolute Gasteiger partial charge is 0.338 e. The van der Waals surface area contributed by atoms with Gasteiger partial charge in [0.25, 0.3) is 0 Å². The summed E-state index contributed by atoms with van der Waals surface area (Å²) in [6.45, 7) is 5.04. The molecule has 0 unspecified atom stereocenters. The zero-order valence-electron chi connectivity index (χ0n) is 10.7. The molecule has 0 radical (unpaired) electrons. The Morgan fingerprint density at radius 2 is 2.17 bits per heavy atom. The lowest BCUT2D eigenvalue weighted by Crippen LogP contribution is -2.11. The third-order valence-corrected chi connectivity index (χ3v) is 3.30. The van der Waals surface area contributed by atoms with E-state index < -0.39 is 5.97 Å². The number of carboxylic acids is 1. The van der Waals surface area contributed by atoms with Crippen molar-refractivity contribution >= 4 is 16.9 Å². The highest BCUT2D eigenvalue weighted by Gasteiger charge is 2.17. The van der Waals surface area contributed by atoms with Crippen molar-refractivity contribution in [3.8, 4) is 0 Å². The summed E-state index contributed by atoms with van der Waals surface area (Å²) in [5, 5.41) is 10.4. The average molecular weight is 246 g/mol. The fourth-order valence-electron chi connectivity index (χ4n) is 2.44. The second-order valence-corrected chi connectivity index (χ2v) is 4.45. The summed E-state index contributed by atoms with van der Waals surface area (Å²) < 4.78 is 1.96. The first-order valence-corrected chi connectivity index (χ1v) is 6.14. The first kappa shape index (κ1) is 12.6. The molecule has 4 nitrogen and oxygen atoms in total. The molecule has 0 spiro atoms. The third-order valence-electron chi connectivity index (χ3n) is 3.30. The number of hydrogen-bond donors (Lipinski definition) is 2. The second-order valence-electron chi connectivity index (χ2n) is 4.45. The lowest BCUT2D eigenvalue weighted by molar-refractivity contribution is 0.0698. The van der Waals surface area contributed by atoms with E-state index in [1.54, 1.807) is 0 Å². The van der Waals surface area contributed by atoms with Gasteiger partial charge in [-0.05, 0) is 24.5 Å². The predicted octanol–water partition coefficient (Wildman–Crippen LogP) is 2.17. The number of nitrogens with two attached hydrogens (primary N) is 1. The van der Waals surface area contributed by atoms with Gasteiger partial charge in [-0.25, -0.2) is 4.79 Å². The van der Waals surface area contributed by atoms with Gasteiger partial charge in [0.15, 0.2) is 0 Å². The summed E-state index contributed by atoms with van der Waals surface area (Å²) in [6.07, 6.45) is 2.90. The number of carboxylic acid groups (broad SMARTS) is 1. The average Bonchev–Trinajstić information content (AvgIpc) is 2.67. The molecule has 0 amide bonds. The quantitative estimate of drug-likeness (QED) is 0.868. The summed E-state index contributed by atoms with van der Waals surface area (Å²) >= 11 is 0. The van der Waals surface area contributed by atoms with E-state index >= 15 is 0 Å². The fourth-order valence-corrected chi connectivity index (χ4v) is 2.44. The van der Waals surface area contributed by atoms with Gasteiger partial charge in [-0.3, -0.25) is 0 Å². The number of aromatic nitrogens is 1. The largest absolute Gasteiger partial charge is 0.478 e. The van der Waals surface area contributed by atoms with Crippen LogP contribution >= 0.6 is 0 Å². The Balaban J connectivity index is 2.84. The van der Waals surface area contributed by atoms with Crippen LogP contribution in [0.5, 0.6) is 0 Å². The summed E-state index contributed by atoms with van der Waals surface area (Å²) in [5.41, 5.74) is 8.74. The molecular formula is C14H18N2O2. The van der Waals surface area contributed by atoms with Crippen LogP contribution in [-0.4, -0.2) is 22.2 Å². The Kier molecular flexibility index (Phi) is 3.39. The molecule has 0 fully saturated rings. The Bertz CT molecular complexity index is 599. The van der Waals surface area contributed by atoms with Crippen molar-refractivity contribution in [3.05, 3.63) is 35.0 Å². The number of benzene rings is 1. The molecule has 2 rings (SSSR count). The van der Waals surface area contributed by atoms with Gasteiger partial charge in [0.2, 0.25) is 0 Å². The van der Waals surface area contributed by atoms with E-state index in [9.17, 15) is 9.90 Å². The van der Waals surface area contributed by atoms with Crippen LogP contribution in [0.3, 0.4) is 0 Å². The number of aryl methyl sites for hydroxylation is 2. The molecule has 0 saturated heterocycles. The van der Waals surface area contributed by atoms with Crippen LogP contribution in [0.4, 0.5) is 0 Å². The Morgan fingerprint density at radius 1 is 1.44 bits per heavy atom. The Hall–Kier alpha value is -1.81. The van der Waals surface area contributed by atoms with Gasteiger partial charge < -0.3 is 15.4 Å². The lowest BCUT2D eigenvalue weighted by Gasteiger charge is -2.08. The maximum absolute atomic E-state index is 11.4. The van der Waals surface area contributed by atoms with Crippen LogP contribution < -0.4 is 5.73 Å². The molecule has 0 bridgehead atoms. The van der Waals surface area contributed by atoms with E-state index in [2.05, 4.69) is 6.92 Å². The van der Waals surface area contributed by atoms with Gasteiger partial charge in [-0.1, -0.05) is 19.1 Å². The van der Waals surface area contributed by atoms with E-state index in [0.717, 1.165) is 22.9 Å². The molecule has 0 saturated carbocycles. The number of carbonyl (C=O) groups is 1. The SMILES string of the molecule is CCc1cn(CCN)c2c(C(=O)O)c(C)ccc12. The first-order chi connectivity index (χ1) is 8.60. The first-order valence-electron chi connectivity index (χ1n) is 6.14. The van der Waals surface area contributed by atoms with Crippen LogP contribution in [0.25, 0.3) is 10.9 Å². The highest BCUT2D eigenvalue weighted by molar-refractivity contribution is 6.04. The molecule has 0 aliphatic heterocycles. The van der Waals surface area contributed by atoms with Gasteiger partial charge in [0.05, 0.1) is 11.1 Å². The minimum atomic E-state index is -0.878. The molecule has 0 aliphatic carbocycles. The summed E-state index contributed by atoms with van der Waals surface area (Å²) in [7, 11) is 0. The van der Waals surface area contributed by atoms with Gasteiger partial charge in [0, 0.05) is 24.7 Å². The molecule has 1 aromatic heterocycles. The zero-order chi connectivity index (χ0) is 13.3. The molecule has 0 atom stereocenters. The number of nitrogens with zero attached hydrogens (tertiary/aromatic N) is 1. The predicted molar refractivity (Wildman–Crippen MR) is 72.1 cm³/mol. The number of fused-ring (bicyclic) bond motifs is 1. The van der Waals surface area contributed by atoms with E-state index in [0.29, 0.717) is 18.7 Å². The maximum Gasteiger partial charge on any atom is 0.338 e. The van der Waals surface area contributed by atoms with Crippen molar-refractivity contribution in [1.82, 2.24) is 4.57 Å². The highest BCUT2D eigenvalue weighted by atomic mass is 16.4. The Labute approximate surface area is 106 Å². The van der Waals surface area contributed by atoms with E-state index in [-0.39, 0.29) is 0 Å². The van der Waals surface area contributed by atoms with E-state index in [1.807, 2.05) is 29.8 Å². The minimum Gasteiger partial charge on any atom is -0.478 e. The molecule has 18 heavy (non-hydrogen) atoms. The van der Waals surface area contributed by atoms with Crippen LogP contribution in [0.1, 0.15) is 28.4 Å². The Morgan fingerprint density at radius 3 is 2.72 bits per heavy atom. The van der Waals surface area contributed by atoms with Crippen LogP contribution in [0, 0.1) is 6.92 Å². The van der Waals surface area contributed by atoms with Gasteiger partial charge in [0.1, 0.15) is 0 Å². The zero-order valence-corrected chi connectivity index (χ0v) is 10.7. The topological polar surface area (TPSA) is 68.2 Å². The van der Waals surface area contributed by atoms with Crippen molar-refractivity contribution in [2.45, 2.75) is 26.8 Å². The van der Waals surface area contributed by atoms with Crippen molar-refractivity contribution in [1.29, 1.82) is 0 Å². The summed E-state index contributed by atoms with van der Waals surface area (Å²) in [4.78, 5) is 11.4. The van der Waals surface area contributed by atoms with Crippen molar-refractivity contribution in [3.63, 3.8) is 0 Å². The van der Waals surface area contributed by atoms with Crippen molar-refractivity contribution < 1.29 is 9.90 Å². The molecule has 3 N–H and O–H groups in total. The monoisotopic (exact) mass is 246 g/mol. The molecule has 96 valence electrons. The summed E-state index contributed by atoms with van der Waals surface area (Å²) in [6, 6.07) is 3.88. The summed E-state index contributed by atoms with van der Waals surface area (Å²) in [5.74, 6) is -0.878. The highest BCUT2D eigenvalue weighted by Crippen LogP contribution is 2.27. The molecule has 1 aromatic carbocycles. The molecular weight excluding hydrogens is 228 g/mol. The third kappa shape index (κ3) is 1.88. The number of rotatable bonds is 4. The maximum atomic E-state index is 11.4.